The van der Waals surface area contributed by atoms with Gasteiger partial charge in [-0.2, -0.15) is 0 Å². The average molecular weight is 281 g/mol. The van der Waals surface area contributed by atoms with Crippen molar-refractivity contribution in [3.63, 3.8) is 0 Å². The summed E-state index contributed by atoms with van der Waals surface area (Å²) in [5.74, 6) is 0.120. The molecule has 0 aliphatic heterocycles. The summed E-state index contributed by atoms with van der Waals surface area (Å²) in [4.78, 5) is 16.1. The van der Waals surface area contributed by atoms with E-state index in [1.165, 1.54) is 0 Å². The molecule has 0 saturated heterocycles. The van der Waals surface area contributed by atoms with E-state index >= 15 is 0 Å². The number of benzene rings is 1. The van der Waals surface area contributed by atoms with Crippen molar-refractivity contribution in [1.29, 1.82) is 0 Å². The largest absolute Gasteiger partial charge is 0.334 e. The zero-order valence-corrected chi connectivity index (χ0v) is 10.9. The minimum Gasteiger partial charge on any atom is -0.334 e. The first-order valence-corrected chi connectivity index (χ1v) is 6.14. The van der Waals surface area contributed by atoms with E-state index in [1.54, 1.807) is 6.33 Å². The van der Waals surface area contributed by atoms with Gasteiger partial charge in [0.15, 0.2) is 5.78 Å². The number of hydrogen-bond donors (Lipinski definition) is 0. The van der Waals surface area contributed by atoms with Gasteiger partial charge < -0.3 is 4.57 Å². The number of fused-ring (bicyclic) bond motifs is 1. The second-order valence-electron chi connectivity index (χ2n) is 3.80. The Morgan fingerprint density at radius 3 is 3.00 bits per heavy atom. The number of carbonyl (C=O) groups is 1. The fourth-order valence-corrected chi connectivity index (χ4v) is 1.92. The number of aromatic nitrogens is 2. The van der Waals surface area contributed by atoms with Crippen molar-refractivity contribution in [3.8, 4) is 0 Å². The van der Waals surface area contributed by atoms with Gasteiger partial charge in [-0.15, -0.1) is 0 Å². The lowest BCUT2D eigenvalue weighted by atomic mass is 10.1. The topological polar surface area (TPSA) is 34.9 Å². The van der Waals surface area contributed by atoms with Crippen LogP contribution in [0.25, 0.3) is 11.0 Å². The molecule has 84 valence electrons. The number of ketones is 1. The number of aryl methyl sites for hydroxylation is 1. The predicted octanol–water partition coefficient (Wildman–Crippen LogP) is 2.93. The van der Waals surface area contributed by atoms with Crippen LogP contribution < -0.4 is 0 Å². The van der Waals surface area contributed by atoms with E-state index < -0.39 is 0 Å². The van der Waals surface area contributed by atoms with Crippen LogP contribution in [0.3, 0.4) is 0 Å². The van der Waals surface area contributed by atoms with E-state index in [2.05, 4.69) is 20.9 Å². The Kier molecular flexibility index (Phi) is 3.10. The Morgan fingerprint density at radius 1 is 1.56 bits per heavy atom. The van der Waals surface area contributed by atoms with Gasteiger partial charge in [0.2, 0.25) is 0 Å². The van der Waals surface area contributed by atoms with E-state index in [0.717, 1.165) is 23.0 Å². The standard InChI is InChI=1S/C12H13BrN2O/c1-3-9(13)12(16)8-4-5-11-10(6-8)14-7-15(11)2/h4-7,9H,3H2,1-2H3. The third-order valence-corrected chi connectivity index (χ3v) is 3.72. The molecule has 3 nitrogen and oxygen atoms in total. The molecule has 0 radical (unpaired) electrons. The van der Waals surface area contributed by atoms with Crippen LogP contribution in [0.5, 0.6) is 0 Å². The molecule has 0 N–H and O–H groups in total. The number of alkyl halides is 1. The van der Waals surface area contributed by atoms with Gasteiger partial charge in [0.1, 0.15) is 0 Å². The molecule has 1 aromatic carbocycles. The van der Waals surface area contributed by atoms with Gasteiger partial charge in [-0.3, -0.25) is 4.79 Å². The normalized spacial score (nSPS) is 12.9. The van der Waals surface area contributed by atoms with Gasteiger partial charge in [0.05, 0.1) is 22.2 Å². The summed E-state index contributed by atoms with van der Waals surface area (Å²) >= 11 is 3.37. The zero-order valence-electron chi connectivity index (χ0n) is 9.27. The van der Waals surface area contributed by atoms with Crippen molar-refractivity contribution in [3.05, 3.63) is 30.1 Å². The van der Waals surface area contributed by atoms with Crippen LogP contribution in [-0.4, -0.2) is 20.2 Å². The smallest absolute Gasteiger partial charge is 0.176 e. The van der Waals surface area contributed by atoms with Crippen LogP contribution in [0, 0.1) is 0 Å². The van der Waals surface area contributed by atoms with Crippen molar-refractivity contribution in [2.24, 2.45) is 7.05 Å². The van der Waals surface area contributed by atoms with E-state index in [-0.39, 0.29) is 10.6 Å². The monoisotopic (exact) mass is 280 g/mol. The summed E-state index contributed by atoms with van der Waals surface area (Å²) in [6.07, 6.45) is 2.55. The lowest BCUT2D eigenvalue weighted by Gasteiger charge is -2.05. The molecular weight excluding hydrogens is 268 g/mol. The highest BCUT2D eigenvalue weighted by Crippen LogP contribution is 2.18. The summed E-state index contributed by atoms with van der Waals surface area (Å²) in [7, 11) is 1.94. The van der Waals surface area contributed by atoms with Gasteiger partial charge >= 0.3 is 0 Å². The molecule has 1 atom stereocenters. The summed E-state index contributed by atoms with van der Waals surface area (Å²) in [6.45, 7) is 1.98. The Morgan fingerprint density at radius 2 is 2.31 bits per heavy atom. The Labute approximate surface area is 103 Å². The summed E-state index contributed by atoms with van der Waals surface area (Å²) in [5, 5.41) is 0. The summed E-state index contributed by atoms with van der Waals surface area (Å²) in [6, 6.07) is 5.64. The number of carbonyl (C=O) groups excluding carboxylic acids is 1. The highest BCUT2D eigenvalue weighted by molar-refractivity contribution is 9.10. The fourth-order valence-electron chi connectivity index (χ4n) is 1.66. The van der Waals surface area contributed by atoms with E-state index in [0.29, 0.717) is 0 Å². The highest BCUT2D eigenvalue weighted by atomic mass is 79.9. The van der Waals surface area contributed by atoms with E-state index in [1.807, 2.05) is 36.7 Å². The lowest BCUT2D eigenvalue weighted by molar-refractivity contribution is 0.0990. The third kappa shape index (κ3) is 1.89. The van der Waals surface area contributed by atoms with Crippen molar-refractivity contribution >= 4 is 32.7 Å². The quantitative estimate of drug-likeness (QED) is 0.640. The van der Waals surface area contributed by atoms with Crippen LogP contribution in [0.2, 0.25) is 0 Å². The number of imidazole rings is 1. The maximum absolute atomic E-state index is 11.9. The molecule has 16 heavy (non-hydrogen) atoms. The van der Waals surface area contributed by atoms with Crippen LogP contribution in [0.15, 0.2) is 24.5 Å². The van der Waals surface area contributed by atoms with Gasteiger partial charge in [-0.1, -0.05) is 22.9 Å². The lowest BCUT2D eigenvalue weighted by Crippen LogP contribution is -2.12. The molecule has 1 heterocycles. The number of Topliss-reactive ketones (excluding diaryl/α,β-unsaturated/α-hetero) is 1. The first kappa shape index (κ1) is 11.3. The van der Waals surface area contributed by atoms with E-state index in [9.17, 15) is 4.79 Å². The molecule has 0 bridgehead atoms. The van der Waals surface area contributed by atoms with Gasteiger partial charge in [0, 0.05) is 12.6 Å². The molecule has 1 unspecified atom stereocenters. The van der Waals surface area contributed by atoms with Crippen LogP contribution in [0.4, 0.5) is 0 Å². The third-order valence-electron chi connectivity index (χ3n) is 2.65. The SMILES string of the molecule is CCC(Br)C(=O)c1ccc2c(c1)ncn2C. The minimum atomic E-state index is -0.103. The van der Waals surface area contributed by atoms with Crippen molar-refractivity contribution in [2.75, 3.05) is 0 Å². The Balaban J connectivity index is 2.43. The van der Waals surface area contributed by atoms with Crippen molar-refractivity contribution in [2.45, 2.75) is 18.2 Å². The maximum Gasteiger partial charge on any atom is 0.176 e. The fraction of sp³-hybridized carbons (Fsp3) is 0.333. The molecule has 0 aliphatic carbocycles. The molecule has 4 heteroatoms. The minimum absolute atomic E-state index is 0.103. The molecule has 2 rings (SSSR count). The van der Waals surface area contributed by atoms with Gasteiger partial charge in [-0.05, 0) is 24.6 Å². The van der Waals surface area contributed by atoms with E-state index in [4.69, 9.17) is 0 Å². The van der Waals surface area contributed by atoms with Crippen LogP contribution >= 0.6 is 15.9 Å². The molecule has 0 saturated carbocycles. The second-order valence-corrected chi connectivity index (χ2v) is 4.90. The predicted molar refractivity (Wildman–Crippen MR) is 68.1 cm³/mol. The Hall–Kier alpha value is -1.16. The van der Waals surface area contributed by atoms with Gasteiger partial charge in [-0.25, -0.2) is 4.98 Å². The Bertz CT molecular complexity index is 533. The zero-order chi connectivity index (χ0) is 11.7. The average Bonchev–Trinajstić information content (AvgIpc) is 2.68. The number of rotatable bonds is 3. The highest BCUT2D eigenvalue weighted by Gasteiger charge is 2.15. The first-order chi connectivity index (χ1) is 7.63. The van der Waals surface area contributed by atoms with Crippen LogP contribution in [0.1, 0.15) is 23.7 Å². The molecular formula is C12H13BrN2O. The van der Waals surface area contributed by atoms with Crippen molar-refractivity contribution in [1.82, 2.24) is 9.55 Å². The molecule has 0 fully saturated rings. The molecule has 0 amide bonds. The van der Waals surface area contributed by atoms with Crippen molar-refractivity contribution < 1.29 is 4.79 Å². The second kappa shape index (κ2) is 4.37. The molecule has 0 aliphatic rings. The summed E-state index contributed by atoms with van der Waals surface area (Å²) in [5.41, 5.74) is 2.62. The number of nitrogens with zero attached hydrogens (tertiary/aromatic N) is 2. The molecule has 2 aromatic rings. The van der Waals surface area contributed by atoms with Crippen LogP contribution in [-0.2, 0) is 7.05 Å². The van der Waals surface area contributed by atoms with Gasteiger partial charge in [0.25, 0.3) is 0 Å². The number of halogens is 1. The molecule has 0 spiro atoms. The summed E-state index contributed by atoms with van der Waals surface area (Å²) < 4.78 is 1.94. The first-order valence-electron chi connectivity index (χ1n) is 5.23. The number of hydrogen-bond acceptors (Lipinski definition) is 2. The maximum atomic E-state index is 11.9. The molecule has 1 aromatic heterocycles.